The van der Waals surface area contributed by atoms with Crippen molar-refractivity contribution in [3.05, 3.63) is 36.0 Å². The number of nitrogens with one attached hydrogen (secondary N) is 1. The third kappa shape index (κ3) is 2.76. The summed E-state index contributed by atoms with van der Waals surface area (Å²) < 4.78 is 38.2. The molecule has 0 aromatic carbocycles. The van der Waals surface area contributed by atoms with E-state index in [0.29, 0.717) is 11.5 Å². The maximum absolute atomic E-state index is 12.3. The van der Waals surface area contributed by atoms with Gasteiger partial charge in [-0.1, -0.05) is 0 Å². The van der Waals surface area contributed by atoms with Gasteiger partial charge < -0.3 is 5.32 Å². The van der Waals surface area contributed by atoms with Crippen molar-refractivity contribution in [1.82, 2.24) is 19.7 Å². The van der Waals surface area contributed by atoms with Crippen LogP contribution in [0.1, 0.15) is 11.3 Å². The van der Waals surface area contributed by atoms with Gasteiger partial charge in [-0.15, -0.1) is 0 Å². The largest absolute Gasteiger partial charge is 0.419 e. The third-order valence-electron chi connectivity index (χ3n) is 2.25. The monoisotopic (exact) mass is 257 g/mol. The van der Waals surface area contributed by atoms with Crippen molar-refractivity contribution >= 4 is 5.82 Å². The summed E-state index contributed by atoms with van der Waals surface area (Å²) in [6.07, 6.45) is 0.341. The smallest absolute Gasteiger partial charge is 0.372 e. The van der Waals surface area contributed by atoms with Gasteiger partial charge in [-0.2, -0.15) is 18.3 Å². The molecule has 18 heavy (non-hydrogen) atoms. The fourth-order valence-electron chi connectivity index (χ4n) is 1.33. The fourth-order valence-corrected chi connectivity index (χ4v) is 1.33. The Balaban J connectivity index is 2.11. The third-order valence-corrected chi connectivity index (χ3v) is 2.25. The van der Waals surface area contributed by atoms with Crippen molar-refractivity contribution in [2.45, 2.75) is 12.7 Å². The van der Waals surface area contributed by atoms with E-state index in [1.807, 2.05) is 0 Å². The van der Waals surface area contributed by atoms with Gasteiger partial charge in [-0.05, 0) is 0 Å². The van der Waals surface area contributed by atoms with Crippen molar-refractivity contribution in [2.75, 3.05) is 12.4 Å². The van der Waals surface area contributed by atoms with E-state index in [9.17, 15) is 13.2 Å². The molecule has 0 radical (unpaired) electrons. The summed E-state index contributed by atoms with van der Waals surface area (Å²) in [5.41, 5.74) is -0.242. The summed E-state index contributed by atoms with van der Waals surface area (Å²) in [4.78, 5) is 8.06. The summed E-state index contributed by atoms with van der Waals surface area (Å²) in [6.45, 7) is 0.146. The predicted molar refractivity (Wildman–Crippen MR) is 57.9 cm³/mol. The number of rotatable bonds is 3. The van der Waals surface area contributed by atoms with Crippen LogP contribution in [0.25, 0.3) is 0 Å². The predicted octanol–water partition coefficient (Wildman–Crippen LogP) is 1.78. The standard InChI is InChI=1S/C10H10F3N5/c1-14-9-4-15-8(3-16-9)6-18-5-7(2-17-18)10(11,12)13/h2-5H,6H2,1H3,(H,14,16). The van der Waals surface area contributed by atoms with Gasteiger partial charge in [-0.3, -0.25) is 9.67 Å². The molecule has 0 atom stereocenters. The van der Waals surface area contributed by atoms with Crippen LogP contribution in [0, 0.1) is 0 Å². The highest BCUT2D eigenvalue weighted by atomic mass is 19.4. The summed E-state index contributed by atoms with van der Waals surface area (Å²) in [7, 11) is 1.70. The molecule has 2 aromatic rings. The lowest BCUT2D eigenvalue weighted by molar-refractivity contribution is -0.137. The van der Waals surface area contributed by atoms with Crippen LogP contribution in [-0.4, -0.2) is 26.8 Å². The molecule has 2 aromatic heterocycles. The van der Waals surface area contributed by atoms with E-state index < -0.39 is 11.7 Å². The maximum atomic E-state index is 12.3. The average Bonchev–Trinajstić information content (AvgIpc) is 2.78. The lowest BCUT2D eigenvalue weighted by Gasteiger charge is -2.03. The zero-order valence-corrected chi connectivity index (χ0v) is 9.44. The quantitative estimate of drug-likeness (QED) is 0.910. The van der Waals surface area contributed by atoms with Gasteiger partial charge in [0, 0.05) is 13.2 Å². The normalized spacial score (nSPS) is 11.6. The Hall–Kier alpha value is -2.12. The molecule has 2 heterocycles. The highest BCUT2D eigenvalue weighted by Gasteiger charge is 2.32. The van der Waals surface area contributed by atoms with Crippen LogP contribution in [0.4, 0.5) is 19.0 Å². The summed E-state index contributed by atoms with van der Waals surface area (Å²) in [6, 6.07) is 0. The van der Waals surface area contributed by atoms with Gasteiger partial charge in [0.2, 0.25) is 0 Å². The molecule has 1 N–H and O–H groups in total. The van der Waals surface area contributed by atoms with Crippen LogP contribution in [0.3, 0.4) is 0 Å². The first-order valence-corrected chi connectivity index (χ1v) is 5.07. The van der Waals surface area contributed by atoms with Crippen LogP contribution in [0.5, 0.6) is 0 Å². The highest BCUT2D eigenvalue weighted by molar-refractivity contribution is 5.29. The minimum atomic E-state index is -4.38. The first-order valence-electron chi connectivity index (χ1n) is 5.07. The number of nitrogens with zero attached hydrogens (tertiary/aromatic N) is 4. The molecule has 0 aliphatic heterocycles. The van der Waals surface area contributed by atoms with E-state index >= 15 is 0 Å². The van der Waals surface area contributed by atoms with Crippen molar-refractivity contribution in [2.24, 2.45) is 0 Å². The minimum absolute atomic E-state index is 0.146. The van der Waals surface area contributed by atoms with Gasteiger partial charge in [0.25, 0.3) is 0 Å². The molecular weight excluding hydrogens is 247 g/mol. The summed E-state index contributed by atoms with van der Waals surface area (Å²) in [5, 5.41) is 6.43. The molecule has 0 spiro atoms. The molecule has 0 saturated carbocycles. The molecule has 0 aliphatic rings. The molecule has 0 amide bonds. The molecule has 0 bridgehead atoms. The fraction of sp³-hybridized carbons (Fsp3) is 0.300. The van der Waals surface area contributed by atoms with E-state index in [2.05, 4.69) is 20.4 Å². The SMILES string of the molecule is CNc1cnc(Cn2cc(C(F)(F)F)cn2)cn1. The second-order valence-corrected chi connectivity index (χ2v) is 3.57. The first-order chi connectivity index (χ1) is 8.49. The van der Waals surface area contributed by atoms with Crippen molar-refractivity contribution in [3.8, 4) is 0 Å². The number of hydrogen-bond donors (Lipinski definition) is 1. The van der Waals surface area contributed by atoms with Crippen molar-refractivity contribution in [3.63, 3.8) is 0 Å². The van der Waals surface area contributed by atoms with E-state index in [4.69, 9.17) is 0 Å². The van der Waals surface area contributed by atoms with Gasteiger partial charge >= 0.3 is 6.18 Å². The summed E-state index contributed by atoms with van der Waals surface area (Å²) >= 11 is 0. The van der Waals surface area contributed by atoms with Crippen molar-refractivity contribution < 1.29 is 13.2 Å². The maximum Gasteiger partial charge on any atom is 0.419 e. The van der Waals surface area contributed by atoms with Gasteiger partial charge in [0.15, 0.2) is 0 Å². The minimum Gasteiger partial charge on any atom is -0.372 e. The Morgan fingerprint density at radius 2 is 2.00 bits per heavy atom. The lowest BCUT2D eigenvalue weighted by Crippen LogP contribution is -2.05. The molecule has 0 unspecified atom stereocenters. The molecule has 96 valence electrons. The average molecular weight is 257 g/mol. The molecule has 8 heteroatoms. The highest BCUT2D eigenvalue weighted by Crippen LogP contribution is 2.28. The van der Waals surface area contributed by atoms with E-state index in [1.165, 1.54) is 17.1 Å². The zero-order valence-electron chi connectivity index (χ0n) is 9.44. The van der Waals surface area contributed by atoms with Crippen LogP contribution in [0.15, 0.2) is 24.8 Å². The van der Waals surface area contributed by atoms with Crippen LogP contribution >= 0.6 is 0 Å². The lowest BCUT2D eigenvalue weighted by atomic mass is 10.3. The zero-order chi connectivity index (χ0) is 13.2. The number of halogens is 3. The van der Waals surface area contributed by atoms with E-state index in [-0.39, 0.29) is 6.54 Å². The molecule has 0 fully saturated rings. The second kappa shape index (κ2) is 4.63. The topological polar surface area (TPSA) is 55.6 Å². The first kappa shape index (κ1) is 12.3. The number of alkyl halides is 3. The van der Waals surface area contributed by atoms with Gasteiger partial charge in [0.1, 0.15) is 5.82 Å². The van der Waals surface area contributed by atoms with Crippen LogP contribution in [-0.2, 0) is 12.7 Å². The second-order valence-electron chi connectivity index (χ2n) is 3.57. The Labute approximate surface area is 101 Å². The number of hydrogen-bond acceptors (Lipinski definition) is 4. The van der Waals surface area contributed by atoms with Gasteiger partial charge in [0.05, 0.1) is 36.4 Å². The van der Waals surface area contributed by atoms with E-state index in [1.54, 1.807) is 7.05 Å². The molecular formula is C10H10F3N5. The van der Waals surface area contributed by atoms with Crippen LogP contribution in [0.2, 0.25) is 0 Å². The Morgan fingerprint density at radius 3 is 2.50 bits per heavy atom. The van der Waals surface area contributed by atoms with Crippen molar-refractivity contribution in [1.29, 1.82) is 0 Å². The van der Waals surface area contributed by atoms with Crippen LogP contribution < -0.4 is 5.32 Å². The van der Waals surface area contributed by atoms with E-state index in [0.717, 1.165) is 12.4 Å². The molecule has 2 rings (SSSR count). The summed E-state index contributed by atoms with van der Waals surface area (Å²) in [5.74, 6) is 0.593. The number of anilines is 1. The Bertz CT molecular complexity index is 517. The van der Waals surface area contributed by atoms with Gasteiger partial charge in [-0.25, -0.2) is 4.98 Å². The molecule has 0 aliphatic carbocycles. The Morgan fingerprint density at radius 1 is 1.22 bits per heavy atom. The number of aromatic nitrogens is 4. The Kier molecular flexibility index (Phi) is 3.17. The molecule has 5 nitrogen and oxygen atoms in total. The molecule has 0 saturated heterocycles.